The van der Waals surface area contributed by atoms with Crippen LogP contribution < -0.4 is 4.90 Å². The summed E-state index contributed by atoms with van der Waals surface area (Å²) in [5.41, 5.74) is 2.28. The zero-order valence-electron chi connectivity index (χ0n) is 18.0. The van der Waals surface area contributed by atoms with Gasteiger partial charge in [-0.05, 0) is 89.3 Å². The first-order chi connectivity index (χ1) is 14.5. The molecule has 30 heavy (non-hydrogen) atoms. The van der Waals surface area contributed by atoms with Gasteiger partial charge in [-0.2, -0.15) is 0 Å². The van der Waals surface area contributed by atoms with Gasteiger partial charge in [-0.3, -0.25) is 9.59 Å². The normalized spacial score (nSPS) is 15.1. The zero-order valence-corrected chi connectivity index (χ0v) is 18.0. The number of rotatable bonds is 7. The summed E-state index contributed by atoms with van der Waals surface area (Å²) in [7, 11) is 2.09. The van der Waals surface area contributed by atoms with E-state index in [9.17, 15) is 14.0 Å². The number of aldehydes is 1. The van der Waals surface area contributed by atoms with E-state index < -0.39 is 0 Å². The van der Waals surface area contributed by atoms with Crippen molar-refractivity contribution in [1.29, 1.82) is 0 Å². The standard InChI is InChI=1S/C24H30FN3O2/c1-4-27(5-2)24(30)19-7-9-20(10-8-19)28(21-12-14-26(3)15-13-21)23-16-18(17-29)6-11-22(23)25/h6-11,16-17,21H,4-5,12-15H2,1-3H3. The molecule has 1 fully saturated rings. The van der Waals surface area contributed by atoms with Crippen molar-refractivity contribution in [2.45, 2.75) is 32.7 Å². The summed E-state index contributed by atoms with van der Waals surface area (Å²) in [5, 5.41) is 0. The van der Waals surface area contributed by atoms with Crippen molar-refractivity contribution in [2.24, 2.45) is 0 Å². The van der Waals surface area contributed by atoms with Gasteiger partial charge in [0.15, 0.2) is 0 Å². The molecule has 0 atom stereocenters. The van der Waals surface area contributed by atoms with E-state index in [4.69, 9.17) is 0 Å². The Balaban J connectivity index is 1.98. The molecule has 3 rings (SSSR count). The number of benzene rings is 2. The average Bonchev–Trinajstić information content (AvgIpc) is 2.77. The molecule has 0 radical (unpaired) electrons. The highest BCUT2D eigenvalue weighted by Crippen LogP contribution is 2.34. The van der Waals surface area contributed by atoms with Crippen LogP contribution in [0.1, 0.15) is 47.4 Å². The van der Waals surface area contributed by atoms with Gasteiger partial charge in [0.2, 0.25) is 0 Å². The van der Waals surface area contributed by atoms with Crippen molar-refractivity contribution in [3.05, 3.63) is 59.4 Å². The number of anilines is 2. The summed E-state index contributed by atoms with van der Waals surface area (Å²) in [5.74, 6) is -0.366. The van der Waals surface area contributed by atoms with Gasteiger partial charge in [-0.15, -0.1) is 0 Å². The van der Waals surface area contributed by atoms with Crippen LogP contribution >= 0.6 is 0 Å². The van der Waals surface area contributed by atoms with Crippen LogP contribution in [0.25, 0.3) is 0 Å². The lowest BCUT2D eigenvalue weighted by atomic mass is 10.0. The number of amides is 1. The predicted molar refractivity (Wildman–Crippen MR) is 118 cm³/mol. The van der Waals surface area contributed by atoms with E-state index in [0.29, 0.717) is 29.9 Å². The molecular weight excluding hydrogens is 381 g/mol. The van der Waals surface area contributed by atoms with Crippen molar-refractivity contribution < 1.29 is 14.0 Å². The highest BCUT2D eigenvalue weighted by molar-refractivity contribution is 5.94. The summed E-state index contributed by atoms with van der Waals surface area (Å²) in [6.45, 7) is 7.08. The molecule has 0 unspecified atom stereocenters. The lowest BCUT2D eigenvalue weighted by Gasteiger charge is -2.39. The summed E-state index contributed by atoms with van der Waals surface area (Å²) in [6, 6.07) is 11.9. The number of hydrogen-bond acceptors (Lipinski definition) is 4. The van der Waals surface area contributed by atoms with E-state index in [-0.39, 0.29) is 17.8 Å². The molecule has 6 heteroatoms. The molecule has 5 nitrogen and oxygen atoms in total. The predicted octanol–water partition coefficient (Wildman–Crippen LogP) is 4.35. The summed E-state index contributed by atoms with van der Waals surface area (Å²) in [6.07, 6.45) is 2.52. The van der Waals surface area contributed by atoms with Gasteiger partial charge in [-0.25, -0.2) is 4.39 Å². The molecule has 0 aliphatic carbocycles. The number of nitrogens with zero attached hydrogens (tertiary/aromatic N) is 3. The van der Waals surface area contributed by atoms with Crippen LogP contribution in [0, 0.1) is 5.82 Å². The van der Waals surface area contributed by atoms with Gasteiger partial charge < -0.3 is 14.7 Å². The van der Waals surface area contributed by atoms with E-state index in [2.05, 4.69) is 11.9 Å². The maximum atomic E-state index is 14.8. The highest BCUT2D eigenvalue weighted by Gasteiger charge is 2.27. The number of piperidine rings is 1. The molecule has 0 saturated carbocycles. The number of carbonyl (C=O) groups is 2. The van der Waals surface area contributed by atoms with E-state index in [1.54, 1.807) is 23.1 Å². The summed E-state index contributed by atoms with van der Waals surface area (Å²) in [4.78, 5) is 30.0. The van der Waals surface area contributed by atoms with Crippen molar-refractivity contribution in [1.82, 2.24) is 9.80 Å². The summed E-state index contributed by atoms with van der Waals surface area (Å²) < 4.78 is 14.8. The van der Waals surface area contributed by atoms with Gasteiger partial charge in [0.05, 0.1) is 5.69 Å². The van der Waals surface area contributed by atoms with Crippen LogP contribution in [0.2, 0.25) is 0 Å². The Kier molecular flexibility index (Phi) is 7.21. The molecule has 0 aromatic heterocycles. The fourth-order valence-electron chi connectivity index (χ4n) is 4.05. The van der Waals surface area contributed by atoms with Crippen molar-refractivity contribution in [2.75, 3.05) is 38.1 Å². The Hall–Kier alpha value is -2.73. The van der Waals surface area contributed by atoms with Crippen molar-refractivity contribution in [3.8, 4) is 0 Å². The SMILES string of the molecule is CCN(CC)C(=O)c1ccc(N(c2cc(C=O)ccc2F)C2CCN(C)CC2)cc1. The minimum atomic E-state index is -0.358. The molecule has 1 saturated heterocycles. The van der Waals surface area contributed by atoms with Gasteiger partial charge in [0, 0.05) is 35.9 Å². The van der Waals surface area contributed by atoms with Gasteiger partial charge in [0.25, 0.3) is 5.91 Å². The first kappa shape index (κ1) is 22.0. The number of carbonyl (C=O) groups excluding carboxylic acids is 2. The molecular formula is C24H30FN3O2. The molecule has 0 bridgehead atoms. The number of halogens is 1. The Morgan fingerprint density at radius 1 is 1.10 bits per heavy atom. The van der Waals surface area contributed by atoms with Crippen LogP contribution in [0.4, 0.5) is 15.8 Å². The second-order valence-corrected chi connectivity index (χ2v) is 7.76. The first-order valence-corrected chi connectivity index (χ1v) is 10.6. The largest absolute Gasteiger partial charge is 0.339 e. The van der Waals surface area contributed by atoms with Crippen LogP contribution in [-0.2, 0) is 0 Å². The second kappa shape index (κ2) is 9.85. The fourth-order valence-corrected chi connectivity index (χ4v) is 4.05. The molecule has 2 aromatic rings. The van der Waals surface area contributed by atoms with Crippen molar-refractivity contribution >= 4 is 23.6 Å². The van der Waals surface area contributed by atoms with Gasteiger partial charge >= 0.3 is 0 Å². The van der Waals surface area contributed by atoms with Crippen LogP contribution in [0.15, 0.2) is 42.5 Å². The summed E-state index contributed by atoms with van der Waals surface area (Å²) >= 11 is 0. The van der Waals surface area contributed by atoms with Crippen LogP contribution in [0.3, 0.4) is 0 Å². The molecule has 1 amide bonds. The van der Waals surface area contributed by atoms with Crippen LogP contribution in [-0.4, -0.2) is 61.3 Å². The topological polar surface area (TPSA) is 43.9 Å². The molecule has 0 spiro atoms. The average molecular weight is 412 g/mol. The Labute approximate surface area is 178 Å². The third-order valence-electron chi connectivity index (χ3n) is 5.86. The minimum absolute atomic E-state index is 0.00785. The smallest absolute Gasteiger partial charge is 0.253 e. The number of likely N-dealkylation sites (tertiary alicyclic amines) is 1. The molecule has 1 aliphatic heterocycles. The van der Waals surface area contributed by atoms with E-state index >= 15 is 0 Å². The Morgan fingerprint density at radius 2 is 1.73 bits per heavy atom. The maximum absolute atomic E-state index is 14.8. The monoisotopic (exact) mass is 411 g/mol. The first-order valence-electron chi connectivity index (χ1n) is 10.6. The molecule has 2 aromatic carbocycles. The Bertz CT molecular complexity index is 873. The zero-order chi connectivity index (χ0) is 21.7. The maximum Gasteiger partial charge on any atom is 0.253 e. The number of hydrogen-bond donors (Lipinski definition) is 0. The highest BCUT2D eigenvalue weighted by atomic mass is 19.1. The van der Waals surface area contributed by atoms with Crippen molar-refractivity contribution in [3.63, 3.8) is 0 Å². The second-order valence-electron chi connectivity index (χ2n) is 7.76. The van der Waals surface area contributed by atoms with Gasteiger partial charge in [0.1, 0.15) is 12.1 Å². The van der Waals surface area contributed by atoms with E-state index in [1.165, 1.54) is 12.1 Å². The molecule has 160 valence electrons. The fraction of sp³-hybridized carbons (Fsp3) is 0.417. The lowest BCUT2D eigenvalue weighted by molar-refractivity contribution is 0.0773. The van der Waals surface area contributed by atoms with Crippen LogP contribution in [0.5, 0.6) is 0 Å². The minimum Gasteiger partial charge on any atom is -0.339 e. The Morgan fingerprint density at radius 3 is 2.30 bits per heavy atom. The lowest BCUT2D eigenvalue weighted by Crippen LogP contribution is -2.42. The quantitative estimate of drug-likeness (QED) is 0.636. The van der Waals surface area contributed by atoms with E-state index in [0.717, 1.165) is 37.9 Å². The molecule has 1 aliphatic rings. The molecule has 0 N–H and O–H groups in total. The van der Waals surface area contributed by atoms with Gasteiger partial charge in [-0.1, -0.05) is 0 Å². The third-order valence-corrected chi connectivity index (χ3v) is 5.86. The molecule has 1 heterocycles. The third kappa shape index (κ3) is 4.70. The van der Waals surface area contributed by atoms with E-state index in [1.807, 2.05) is 30.9 Å².